The van der Waals surface area contributed by atoms with Crippen molar-refractivity contribution in [2.24, 2.45) is 5.92 Å². The third-order valence-corrected chi connectivity index (χ3v) is 5.36. The summed E-state index contributed by atoms with van der Waals surface area (Å²) in [5.74, 6) is 0.00417. The standard InChI is InChI=1S/C23H27F4N3O2/c1-29-11-10-18(13-29)15-30(14-17-2-6-19(24)7-3-17)23(31)28-12-16-4-8-20(9-5-16)32-22(27)21(25)26/h2-9,18,21-22H,10-15H2,1H3,(H,28,31). The van der Waals surface area contributed by atoms with Crippen molar-refractivity contribution < 1.29 is 27.1 Å². The van der Waals surface area contributed by atoms with Crippen LogP contribution in [0.5, 0.6) is 5.75 Å². The van der Waals surface area contributed by atoms with Gasteiger partial charge in [0, 0.05) is 26.2 Å². The number of carbonyl (C=O) groups excluding carboxylic acids is 1. The van der Waals surface area contributed by atoms with Gasteiger partial charge in [0.25, 0.3) is 6.36 Å². The van der Waals surface area contributed by atoms with Crippen LogP contribution in [0.25, 0.3) is 0 Å². The highest BCUT2D eigenvalue weighted by Crippen LogP contribution is 2.19. The van der Waals surface area contributed by atoms with Crippen LogP contribution in [-0.2, 0) is 13.1 Å². The molecule has 1 aliphatic heterocycles. The van der Waals surface area contributed by atoms with Gasteiger partial charge in [-0.3, -0.25) is 0 Å². The molecule has 1 heterocycles. The molecule has 0 aromatic heterocycles. The van der Waals surface area contributed by atoms with E-state index < -0.39 is 12.8 Å². The zero-order valence-electron chi connectivity index (χ0n) is 17.8. The van der Waals surface area contributed by atoms with Crippen LogP contribution in [-0.4, -0.2) is 55.3 Å². The van der Waals surface area contributed by atoms with Crippen molar-refractivity contribution in [1.82, 2.24) is 15.1 Å². The van der Waals surface area contributed by atoms with Crippen molar-refractivity contribution in [2.45, 2.75) is 32.3 Å². The number of alkyl halides is 3. The highest BCUT2D eigenvalue weighted by atomic mass is 19.3. The lowest BCUT2D eigenvalue weighted by molar-refractivity contribution is -0.0669. The van der Waals surface area contributed by atoms with Gasteiger partial charge in [-0.25, -0.2) is 18.0 Å². The second kappa shape index (κ2) is 11.2. The monoisotopic (exact) mass is 453 g/mol. The highest BCUT2D eigenvalue weighted by Gasteiger charge is 2.25. The molecular weight excluding hydrogens is 426 g/mol. The Labute approximate surface area is 185 Å². The van der Waals surface area contributed by atoms with E-state index in [1.807, 2.05) is 7.05 Å². The van der Waals surface area contributed by atoms with Gasteiger partial charge in [0.05, 0.1) is 0 Å². The Morgan fingerprint density at radius 1 is 1.12 bits per heavy atom. The molecule has 2 atom stereocenters. The van der Waals surface area contributed by atoms with Crippen LogP contribution in [0.4, 0.5) is 22.4 Å². The Morgan fingerprint density at radius 3 is 2.38 bits per heavy atom. The van der Waals surface area contributed by atoms with Crippen LogP contribution < -0.4 is 10.1 Å². The summed E-state index contributed by atoms with van der Waals surface area (Å²) in [7, 11) is 2.05. The molecule has 0 radical (unpaired) electrons. The first-order valence-electron chi connectivity index (χ1n) is 10.4. The number of likely N-dealkylation sites (tertiary alicyclic amines) is 1. The van der Waals surface area contributed by atoms with Crippen molar-refractivity contribution in [3.05, 3.63) is 65.5 Å². The summed E-state index contributed by atoms with van der Waals surface area (Å²) >= 11 is 0. The van der Waals surface area contributed by atoms with Crippen molar-refractivity contribution in [3.63, 3.8) is 0 Å². The molecule has 32 heavy (non-hydrogen) atoms. The topological polar surface area (TPSA) is 44.8 Å². The average Bonchev–Trinajstić information content (AvgIpc) is 3.18. The fourth-order valence-corrected chi connectivity index (χ4v) is 3.67. The lowest BCUT2D eigenvalue weighted by Crippen LogP contribution is -2.42. The molecule has 5 nitrogen and oxygen atoms in total. The molecule has 2 unspecified atom stereocenters. The van der Waals surface area contributed by atoms with Crippen molar-refractivity contribution >= 4 is 6.03 Å². The summed E-state index contributed by atoms with van der Waals surface area (Å²) in [5, 5.41) is 2.86. The molecule has 9 heteroatoms. The van der Waals surface area contributed by atoms with E-state index in [1.54, 1.807) is 29.2 Å². The van der Waals surface area contributed by atoms with E-state index in [0.717, 1.165) is 25.1 Å². The highest BCUT2D eigenvalue weighted by molar-refractivity contribution is 5.74. The number of nitrogens with one attached hydrogen (secondary N) is 1. The summed E-state index contributed by atoms with van der Waals surface area (Å²) in [6.45, 7) is 3.02. The normalized spacial score (nSPS) is 17.4. The van der Waals surface area contributed by atoms with Gasteiger partial charge in [0.2, 0.25) is 0 Å². The van der Waals surface area contributed by atoms with Crippen LogP contribution in [0.2, 0.25) is 0 Å². The number of hydrogen-bond donors (Lipinski definition) is 1. The molecule has 1 fully saturated rings. The lowest BCUT2D eigenvalue weighted by atomic mass is 10.1. The summed E-state index contributed by atoms with van der Waals surface area (Å²) in [4.78, 5) is 16.8. The molecule has 174 valence electrons. The molecular formula is C23H27F4N3O2. The quantitative estimate of drug-likeness (QED) is 0.572. The minimum atomic E-state index is -3.22. The van der Waals surface area contributed by atoms with Crippen LogP contribution in [0, 0.1) is 11.7 Å². The summed E-state index contributed by atoms with van der Waals surface area (Å²) in [6.07, 6.45) is -4.91. The Bertz CT molecular complexity index is 865. The van der Waals surface area contributed by atoms with E-state index in [0.29, 0.717) is 24.6 Å². The zero-order valence-corrected chi connectivity index (χ0v) is 17.8. The van der Waals surface area contributed by atoms with Crippen LogP contribution in [0.15, 0.2) is 48.5 Å². The number of benzene rings is 2. The molecule has 0 spiro atoms. The Morgan fingerprint density at radius 2 is 1.78 bits per heavy atom. The first-order chi connectivity index (χ1) is 15.3. The molecule has 1 saturated heterocycles. The number of urea groups is 1. The molecule has 1 aliphatic rings. The van der Waals surface area contributed by atoms with Gasteiger partial charge in [-0.15, -0.1) is 0 Å². The third kappa shape index (κ3) is 7.12. The number of nitrogens with zero attached hydrogens (tertiary/aromatic N) is 2. The maximum absolute atomic E-state index is 13.2. The van der Waals surface area contributed by atoms with Gasteiger partial charge in [-0.05, 0) is 61.3 Å². The molecule has 1 N–H and O–H groups in total. The fraction of sp³-hybridized carbons (Fsp3) is 0.435. The Balaban J connectivity index is 1.59. The SMILES string of the molecule is CN1CCC(CN(Cc2ccc(F)cc2)C(=O)NCc2ccc(OC(F)C(F)F)cc2)C1. The molecule has 2 aromatic carbocycles. The summed E-state index contributed by atoms with van der Waals surface area (Å²) in [5.41, 5.74) is 1.54. The van der Waals surface area contributed by atoms with E-state index in [2.05, 4.69) is 15.0 Å². The Kier molecular flexibility index (Phi) is 8.33. The number of carbonyl (C=O) groups is 1. The maximum atomic E-state index is 13.2. The van der Waals surface area contributed by atoms with E-state index in [-0.39, 0.29) is 24.1 Å². The number of ether oxygens (including phenoxy) is 1. The number of halogens is 4. The van der Waals surface area contributed by atoms with Gasteiger partial charge in [-0.1, -0.05) is 24.3 Å². The zero-order chi connectivity index (χ0) is 23.1. The fourth-order valence-electron chi connectivity index (χ4n) is 3.67. The number of rotatable bonds is 9. The third-order valence-electron chi connectivity index (χ3n) is 5.36. The van der Waals surface area contributed by atoms with Gasteiger partial charge in [-0.2, -0.15) is 4.39 Å². The van der Waals surface area contributed by atoms with E-state index in [4.69, 9.17) is 0 Å². The minimum Gasteiger partial charge on any atom is -0.454 e. The second-order valence-corrected chi connectivity index (χ2v) is 8.03. The smallest absolute Gasteiger partial charge is 0.317 e. The first kappa shape index (κ1) is 23.8. The lowest BCUT2D eigenvalue weighted by Gasteiger charge is -2.26. The van der Waals surface area contributed by atoms with Gasteiger partial charge in [0.15, 0.2) is 0 Å². The van der Waals surface area contributed by atoms with Crippen molar-refractivity contribution in [2.75, 3.05) is 26.7 Å². The predicted octanol–water partition coefficient (Wildman–Crippen LogP) is 4.43. The minimum absolute atomic E-state index is 0.0174. The van der Waals surface area contributed by atoms with E-state index in [1.165, 1.54) is 24.3 Å². The second-order valence-electron chi connectivity index (χ2n) is 8.03. The van der Waals surface area contributed by atoms with Crippen molar-refractivity contribution in [1.29, 1.82) is 0 Å². The molecule has 2 aromatic rings. The van der Waals surface area contributed by atoms with Crippen molar-refractivity contribution in [3.8, 4) is 5.75 Å². The largest absolute Gasteiger partial charge is 0.454 e. The van der Waals surface area contributed by atoms with Gasteiger partial charge < -0.3 is 19.9 Å². The molecule has 2 amide bonds. The summed E-state index contributed by atoms with van der Waals surface area (Å²) in [6, 6.07) is 11.7. The first-order valence-corrected chi connectivity index (χ1v) is 10.4. The van der Waals surface area contributed by atoms with Crippen LogP contribution >= 0.6 is 0 Å². The van der Waals surface area contributed by atoms with E-state index in [9.17, 15) is 22.4 Å². The molecule has 0 bridgehead atoms. The number of amides is 2. The molecule has 0 aliphatic carbocycles. The van der Waals surface area contributed by atoms with Crippen LogP contribution in [0.3, 0.4) is 0 Å². The van der Waals surface area contributed by atoms with Gasteiger partial charge >= 0.3 is 12.5 Å². The predicted molar refractivity (Wildman–Crippen MR) is 113 cm³/mol. The molecule has 3 rings (SSSR count). The van der Waals surface area contributed by atoms with Crippen LogP contribution in [0.1, 0.15) is 17.5 Å². The number of hydrogen-bond acceptors (Lipinski definition) is 3. The average molecular weight is 453 g/mol. The molecule has 0 saturated carbocycles. The Hall–Kier alpha value is -2.81. The maximum Gasteiger partial charge on any atom is 0.317 e. The summed E-state index contributed by atoms with van der Waals surface area (Å²) < 4.78 is 55.2. The van der Waals surface area contributed by atoms with Gasteiger partial charge in [0.1, 0.15) is 11.6 Å². The van der Waals surface area contributed by atoms with E-state index >= 15 is 0 Å².